The van der Waals surface area contributed by atoms with Crippen LogP contribution in [0, 0.1) is 6.92 Å². The van der Waals surface area contributed by atoms with Crippen molar-refractivity contribution in [3.05, 3.63) is 17.5 Å². The number of carbonyl (C=O) groups is 1. The number of nitrogens with zero attached hydrogens (tertiary/aromatic N) is 2. The molecule has 0 bridgehead atoms. The van der Waals surface area contributed by atoms with Crippen LogP contribution in [0.5, 0.6) is 0 Å². The lowest BCUT2D eigenvalue weighted by Gasteiger charge is -2.16. The summed E-state index contributed by atoms with van der Waals surface area (Å²) in [5.41, 5.74) is 1.23. The number of methoxy groups -OCH3 is 1. The normalized spacial score (nSPS) is 15.9. The summed E-state index contributed by atoms with van der Waals surface area (Å²) < 4.78 is 5.02. The van der Waals surface area contributed by atoms with Gasteiger partial charge in [0, 0.05) is 32.0 Å². The molecular formula is C17H28N4O2. The molecule has 0 spiro atoms. The lowest BCUT2D eigenvalue weighted by Crippen LogP contribution is -2.35. The Balaban J connectivity index is 1.94. The van der Waals surface area contributed by atoms with Crippen LogP contribution in [0.25, 0.3) is 0 Å². The van der Waals surface area contributed by atoms with Gasteiger partial charge in [-0.1, -0.05) is 25.7 Å². The van der Waals surface area contributed by atoms with Gasteiger partial charge in [0.2, 0.25) is 5.95 Å². The summed E-state index contributed by atoms with van der Waals surface area (Å²) in [6, 6.07) is 2.02. The van der Waals surface area contributed by atoms with Crippen LogP contribution in [0.2, 0.25) is 0 Å². The highest BCUT2D eigenvalue weighted by atomic mass is 16.5. The smallest absolute Gasteiger partial charge is 0.270 e. The Morgan fingerprint density at radius 2 is 2.00 bits per heavy atom. The molecule has 0 aromatic carbocycles. The fraction of sp³-hybridized carbons (Fsp3) is 0.706. The zero-order valence-corrected chi connectivity index (χ0v) is 14.2. The molecule has 1 aliphatic carbocycles. The van der Waals surface area contributed by atoms with E-state index in [2.05, 4.69) is 20.6 Å². The van der Waals surface area contributed by atoms with E-state index >= 15 is 0 Å². The van der Waals surface area contributed by atoms with Gasteiger partial charge in [0.15, 0.2) is 0 Å². The molecule has 6 nitrogen and oxygen atoms in total. The van der Waals surface area contributed by atoms with Crippen LogP contribution in [0.3, 0.4) is 0 Å². The van der Waals surface area contributed by atoms with Crippen LogP contribution in [0.4, 0.5) is 5.95 Å². The van der Waals surface area contributed by atoms with Crippen molar-refractivity contribution >= 4 is 11.9 Å². The number of hydrogen-bond donors (Lipinski definition) is 2. The SMILES string of the molecule is COCCCNc1nc(C)cc(C(=O)NC2CCCCCC2)n1. The third-order valence-electron chi connectivity index (χ3n) is 4.09. The second-order valence-electron chi connectivity index (χ2n) is 6.15. The molecule has 1 heterocycles. The third-order valence-corrected chi connectivity index (χ3v) is 4.09. The van der Waals surface area contributed by atoms with Gasteiger partial charge in [-0.2, -0.15) is 0 Å². The molecule has 1 aromatic rings. The van der Waals surface area contributed by atoms with E-state index < -0.39 is 0 Å². The van der Waals surface area contributed by atoms with E-state index in [-0.39, 0.29) is 11.9 Å². The summed E-state index contributed by atoms with van der Waals surface area (Å²) in [6.07, 6.45) is 7.94. The van der Waals surface area contributed by atoms with Crippen molar-refractivity contribution in [2.24, 2.45) is 0 Å². The molecule has 1 aliphatic rings. The Hall–Kier alpha value is -1.69. The summed E-state index contributed by atoms with van der Waals surface area (Å²) in [4.78, 5) is 21.1. The molecule has 0 unspecified atom stereocenters. The highest BCUT2D eigenvalue weighted by Crippen LogP contribution is 2.17. The van der Waals surface area contributed by atoms with Crippen LogP contribution >= 0.6 is 0 Å². The summed E-state index contributed by atoms with van der Waals surface area (Å²) in [6.45, 7) is 3.29. The van der Waals surface area contributed by atoms with Gasteiger partial charge in [-0.05, 0) is 32.3 Å². The van der Waals surface area contributed by atoms with E-state index in [4.69, 9.17) is 4.74 Å². The van der Waals surface area contributed by atoms with E-state index in [0.29, 0.717) is 18.2 Å². The van der Waals surface area contributed by atoms with Gasteiger partial charge in [-0.15, -0.1) is 0 Å². The summed E-state index contributed by atoms with van der Waals surface area (Å²) in [7, 11) is 1.68. The minimum Gasteiger partial charge on any atom is -0.385 e. The number of rotatable bonds is 7. The van der Waals surface area contributed by atoms with Gasteiger partial charge in [0.1, 0.15) is 5.69 Å². The molecule has 1 amide bonds. The van der Waals surface area contributed by atoms with Crippen molar-refractivity contribution < 1.29 is 9.53 Å². The quantitative estimate of drug-likeness (QED) is 0.597. The second-order valence-corrected chi connectivity index (χ2v) is 6.15. The van der Waals surface area contributed by atoms with Gasteiger partial charge < -0.3 is 15.4 Å². The van der Waals surface area contributed by atoms with Crippen molar-refractivity contribution in [2.45, 2.75) is 57.9 Å². The molecule has 0 saturated heterocycles. The zero-order chi connectivity index (χ0) is 16.5. The van der Waals surface area contributed by atoms with Crippen LogP contribution in [-0.2, 0) is 4.74 Å². The van der Waals surface area contributed by atoms with Gasteiger partial charge in [0.25, 0.3) is 5.91 Å². The first-order chi connectivity index (χ1) is 11.2. The summed E-state index contributed by atoms with van der Waals surface area (Å²) in [5, 5.41) is 6.28. The third kappa shape index (κ3) is 6.14. The Kier molecular flexibility index (Phi) is 7.26. The number of aryl methyl sites for hydroxylation is 1. The monoisotopic (exact) mass is 320 g/mol. The van der Waals surface area contributed by atoms with Crippen LogP contribution in [0.15, 0.2) is 6.07 Å². The molecule has 1 saturated carbocycles. The molecule has 128 valence electrons. The van der Waals surface area contributed by atoms with Gasteiger partial charge in [-0.25, -0.2) is 9.97 Å². The first-order valence-corrected chi connectivity index (χ1v) is 8.58. The van der Waals surface area contributed by atoms with E-state index in [1.807, 2.05) is 6.92 Å². The Labute approximate surface area is 138 Å². The minimum atomic E-state index is -0.0951. The van der Waals surface area contributed by atoms with Gasteiger partial charge in [-0.3, -0.25) is 4.79 Å². The van der Waals surface area contributed by atoms with E-state index in [1.54, 1.807) is 13.2 Å². The van der Waals surface area contributed by atoms with Crippen LogP contribution in [0.1, 0.15) is 61.1 Å². The average molecular weight is 320 g/mol. The Morgan fingerprint density at radius 3 is 2.70 bits per heavy atom. The molecule has 2 N–H and O–H groups in total. The number of amides is 1. The standard InChI is InChI=1S/C17H28N4O2/c1-13-12-15(21-17(19-13)18-10-7-11-23-2)16(22)20-14-8-5-3-4-6-9-14/h12,14H,3-11H2,1-2H3,(H,20,22)(H,18,19,21). The summed E-state index contributed by atoms with van der Waals surface area (Å²) >= 11 is 0. The van der Waals surface area contributed by atoms with E-state index in [1.165, 1.54) is 25.7 Å². The van der Waals surface area contributed by atoms with E-state index in [9.17, 15) is 4.79 Å². The first kappa shape index (κ1) is 17.7. The van der Waals surface area contributed by atoms with Gasteiger partial charge in [0.05, 0.1) is 0 Å². The predicted molar refractivity (Wildman–Crippen MR) is 90.7 cm³/mol. The average Bonchev–Trinajstić information content (AvgIpc) is 2.80. The number of carbonyl (C=O) groups excluding carboxylic acids is 1. The minimum absolute atomic E-state index is 0.0951. The number of ether oxygens (including phenoxy) is 1. The molecule has 2 rings (SSSR count). The Bertz CT molecular complexity index is 499. The zero-order valence-electron chi connectivity index (χ0n) is 14.2. The fourth-order valence-corrected chi connectivity index (χ4v) is 2.86. The number of nitrogens with one attached hydrogen (secondary N) is 2. The van der Waals surface area contributed by atoms with Crippen molar-refractivity contribution in [3.63, 3.8) is 0 Å². The van der Waals surface area contributed by atoms with Crippen molar-refractivity contribution in [1.29, 1.82) is 0 Å². The first-order valence-electron chi connectivity index (χ1n) is 8.58. The number of aromatic nitrogens is 2. The van der Waals surface area contributed by atoms with Crippen LogP contribution < -0.4 is 10.6 Å². The highest BCUT2D eigenvalue weighted by molar-refractivity contribution is 5.92. The predicted octanol–water partition coefficient (Wildman–Crippen LogP) is 2.69. The topological polar surface area (TPSA) is 76.1 Å². The van der Waals surface area contributed by atoms with Crippen LogP contribution in [-0.4, -0.2) is 42.2 Å². The highest BCUT2D eigenvalue weighted by Gasteiger charge is 2.17. The molecule has 1 fully saturated rings. The molecule has 6 heteroatoms. The van der Waals surface area contributed by atoms with Crippen molar-refractivity contribution in [3.8, 4) is 0 Å². The maximum atomic E-state index is 12.5. The fourth-order valence-electron chi connectivity index (χ4n) is 2.86. The maximum absolute atomic E-state index is 12.5. The lowest BCUT2D eigenvalue weighted by atomic mass is 10.1. The second kappa shape index (κ2) is 9.45. The van der Waals surface area contributed by atoms with Crippen molar-refractivity contribution in [1.82, 2.24) is 15.3 Å². The number of anilines is 1. The van der Waals surface area contributed by atoms with E-state index in [0.717, 1.165) is 31.5 Å². The molecule has 1 aromatic heterocycles. The molecule has 23 heavy (non-hydrogen) atoms. The Morgan fingerprint density at radius 1 is 1.26 bits per heavy atom. The maximum Gasteiger partial charge on any atom is 0.270 e. The lowest BCUT2D eigenvalue weighted by molar-refractivity contribution is 0.0928. The molecule has 0 aliphatic heterocycles. The largest absolute Gasteiger partial charge is 0.385 e. The van der Waals surface area contributed by atoms with Crippen molar-refractivity contribution in [2.75, 3.05) is 25.6 Å². The molecular weight excluding hydrogens is 292 g/mol. The molecule has 0 radical (unpaired) electrons. The number of hydrogen-bond acceptors (Lipinski definition) is 5. The van der Waals surface area contributed by atoms with Gasteiger partial charge >= 0.3 is 0 Å². The molecule has 0 atom stereocenters. The summed E-state index contributed by atoms with van der Waals surface area (Å²) in [5.74, 6) is 0.412.